The lowest BCUT2D eigenvalue weighted by Crippen LogP contribution is -2.47. The van der Waals surface area contributed by atoms with E-state index >= 15 is 0 Å². The Morgan fingerprint density at radius 3 is 2.43 bits per heavy atom. The summed E-state index contributed by atoms with van der Waals surface area (Å²) in [5.41, 5.74) is 0.864. The number of rotatable bonds is 7. The summed E-state index contributed by atoms with van der Waals surface area (Å²) in [4.78, 5) is 52.9. The van der Waals surface area contributed by atoms with Crippen molar-refractivity contribution in [2.75, 3.05) is 20.3 Å². The van der Waals surface area contributed by atoms with Gasteiger partial charge in [0.2, 0.25) is 5.56 Å². The third kappa shape index (κ3) is 5.01. The third-order valence-corrected chi connectivity index (χ3v) is 5.42. The summed E-state index contributed by atoms with van der Waals surface area (Å²) in [5.74, 6) is -0.847. The molecule has 0 saturated heterocycles. The van der Waals surface area contributed by atoms with E-state index < -0.39 is 36.2 Å². The highest BCUT2D eigenvalue weighted by molar-refractivity contribution is 6.03. The number of hydrogen-bond acceptors (Lipinski definition) is 7. The minimum atomic E-state index is -0.845. The van der Waals surface area contributed by atoms with Crippen molar-refractivity contribution in [2.24, 2.45) is 0 Å². The number of benzene rings is 2. The molecule has 2 amide bonds. The lowest BCUT2D eigenvalue weighted by Gasteiger charge is -2.29. The fourth-order valence-corrected chi connectivity index (χ4v) is 3.82. The molecule has 0 aliphatic carbocycles. The van der Waals surface area contributed by atoms with Crippen LogP contribution in [-0.2, 0) is 14.3 Å². The van der Waals surface area contributed by atoms with Gasteiger partial charge in [0.1, 0.15) is 12.4 Å². The zero-order chi connectivity index (χ0) is 24.9. The minimum absolute atomic E-state index is 0.0644. The van der Waals surface area contributed by atoms with E-state index in [-0.39, 0.29) is 23.4 Å². The van der Waals surface area contributed by atoms with Crippen LogP contribution in [0.1, 0.15) is 28.9 Å². The first kappa shape index (κ1) is 23.6. The summed E-state index contributed by atoms with van der Waals surface area (Å²) >= 11 is 0. The molecular formula is C25H23N3O7. The highest BCUT2D eigenvalue weighted by atomic mass is 16.5. The Hall–Kier alpha value is -4.60. The van der Waals surface area contributed by atoms with Crippen LogP contribution in [0, 0.1) is 0 Å². The number of nitrogens with one attached hydrogen (secondary N) is 3. The average Bonchev–Trinajstić information content (AvgIpc) is 2.86. The zero-order valence-electron chi connectivity index (χ0n) is 19.0. The van der Waals surface area contributed by atoms with E-state index in [1.54, 1.807) is 55.5 Å². The minimum Gasteiger partial charge on any atom is -0.497 e. The van der Waals surface area contributed by atoms with Crippen molar-refractivity contribution in [3.05, 3.63) is 87.3 Å². The maximum Gasteiger partial charge on any atom is 0.339 e. The van der Waals surface area contributed by atoms with Crippen LogP contribution in [0.25, 0.3) is 10.9 Å². The second-order valence-corrected chi connectivity index (χ2v) is 7.59. The lowest BCUT2D eigenvalue weighted by atomic mass is 9.95. The smallest absolute Gasteiger partial charge is 0.339 e. The summed E-state index contributed by atoms with van der Waals surface area (Å²) in [5, 5.41) is 5.75. The number of carbonyl (C=O) groups excluding carboxylic acids is 3. The molecule has 2 heterocycles. The third-order valence-electron chi connectivity index (χ3n) is 5.42. The van der Waals surface area contributed by atoms with Gasteiger partial charge < -0.3 is 29.8 Å². The molecule has 1 aliphatic rings. The molecular weight excluding hydrogens is 454 g/mol. The number of aromatic amines is 1. The first-order chi connectivity index (χ1) is 16.9. The number of methoxy groups -OCH3 is 1. The molecule has 0 radical (unpaired) electrons. The van der Waals surface area contributed by atoms with Gasteiger partial charge in [0.15, 0.2) is 0 Å². The number of H-pyrrole nitrogens is 1. The molecule has 1 unspecified atom stereocenters. The molecule has 3 aromatic rings. The second-order valence-electron chi connectivity index (χ2n) is 7.59. The maximum atomic E-state index is 12.9. The van der Waals surface area contributed by atoms with Crippen molar-refractivity contribution in [3.63, 3.8) is 0 Å². The molecule has 3 N–H and O–H groups in total. The maximum absolute atomic E-state index is 12.9. The lowest BCUT2D eigenvalue weighted by molar-refractivity contribution is -0.139. The van der Waals surface area contributed by atoms with Crippen LogP contribution < -0.4 is 20.9 Å². The van der Waals surface area contributed by atoms with Gasteiger partial charge in [-0.25, -0.2) is 14.4 Å². The van der Waals surface area contributed by atoms with Gasteiger partial charge in [-0.05, 0) is 30.7 Å². The molecule has 2 aromatic carbocycles. The summed E-state index contributed by atoms with van der Waals surface area (Å²) in [7, 11) is 1.53. The number of urea groups is 1. The Morgan fingerprint density at radius 2 is 1.71 bits per heavy atom. The summed E-state index contributed by atoms with van der Waals surface area (Å²) < 4.78 is 15.8. The largest absolute Gasteiger partial charge is 0.497 e. The van der Waals surface area contributed by atoms with Crippen molar-refractivity contribution < 1.29 is 28.6 Å². The zero-order valence-corrected chi connectivity index (χ0v) is 19.0. The standard InChI is InChI=1S/C25H23N3O7/c1-3-34-24(31)21-19(27-25(32)28-22(21)14-8-10-15(33-2)11-9-14)13-35-23(30)17-12-20(29)26-18-7-5-4-6-16(17)18/h4-12,22H,3,13H2,1-2H3,(H,26,29)(H2,27,28,32). The van der Waals surface area contributed by atoms with E-state index in [0.29, 0.717) is 22.2 Å². The quantitative estimate of drug-likeness (QED) is 0.445. The van der Waals surface area contributed by atoms with Gasteiger partial charge in [0.25, 0.3) is 0 Å². The Bertz CT molecular complexity index is 1380. The number of carbonyl (C=O) groups is 3. The Balaban J connectivity index is 1.68. The Kier molecular flexibility index (Phi) is 6.81. The van der Waals surface area contributed by atoms with E-state index in [0.717, 1.165) is 6.07 Å². The monoisotopic (exact) mass is 477 g/mol. The average molecular weight is 477 g/mol. The van der Waals surface area contributed by atoms with Crippen LogP contribution in [0.2, 0.25) is 0 Å². The van der Waals surface area contributed by atoms with Crippen LogP contribution in [0.5, 0.6) is 5.75 Å². The number of pyridine rings is 1. The predicted octanol–water partition coefficient (Wildman–Crippen LogP) is 2.56. The fourth-order valence-electron chi connectivity index (χ4n) is 3.82. The van der Waals surface area contributed by atoms with Gasteiger partial charge in [-0.3, -0.25) is 4.79 Å². The first-order valence-corrected chi connectivity index (χ1v) is 10.8. The van der Waals surface area contributed by atoms with Gasteiger partial charge in [0.05, 0.1) is 36.6 Å². The number of amides is 2. The van der Waals surface area contributed by atoms with E-state index in [9.17, 15) is 19.2 Å². The number of ether oxygens (including phenoxy) is 3. The number of esters is 2. The highest BCUT2D eigenvalue weighted by Crippen LogP contribution is 2.29. The van der Waals surface area contributed by atoms with Gasteiger partial charge in [-0.15, -0.1) is 0 Å². The second kappa shape index (κ2) is 10.1. The first-order valence-electron chi connectivity index (χ1n) is 10.8. The van der Waals surface area contributed by atoms with Crippen molar-refractivity contribution in [1.29, 1.82) is 0 Å². The summed E-state index contributed by atoms with van der Waals surface area (Å²) in [6, 6.07) is 13.3. The number of para-hydroxylation sites is 1. The van der Waals surface area contributed by atoms with Gasteiger partial charge in [-0.2, -0.15) is 0 Å². The summed E-state index contributed by atoms with van der Waals surface area (Å²) in [6.07, 6.45) is 0. The van der Waals surface area contributed by atoms with Crippen molar-refractivity contribution in [3.8, 4) is 5.75 Å². The molecule has 10 nitrogen and oxygen atoms in total. The van der Waals surface area contributed by atoms with E-state index in [1.165, 1.54) is 7.11 Å². The van der Waals surface area contributed by atoms with Crippen LogP contribution in [0.4, 0.5) is 4.79 Å². The van der Waals surface area contributed by atoms with E-state index in [4.69, 9.17) is 14.2 Å². The topological polar surface area (TPSA) is 136 Å². The van der Waals surface area contributed by atoms with Crippen molar-refractivity contribution >= 4 is 28.9 Å². The van der Waals surface area contributed by atoms with Gasteiger partial charge in [0, 0.05) is 17.0 Å². The van der Waals surface area contributed by atoms with Crippen LogP contribution in [-0.4, -0.2) is 43.3 Å². The predicted molar refractivity (Wildman–Crippen MR) is 126 cm³/mol. The molecule has 180 valence electrons. The fraction of sp³-hybridized carbons (Fsp3) is 0.200. The Labute approximate surface area is 199 Å². The normalized spacial score (nSPS) is 15.3. The molecule has 10 heteroatoms. The molecule has 0 bridgehead atoms. The van der Waals surface area contributed by atoms with Crippen LogP contribution in [0.15, 0.2) is 70.7 Å². The van der Waals surface area contributed by atoms with Crippen LogP contribution in [0.3, 0.4) is 0 Å². The molecule has 1 atom stereocenters. The van der Waals surface area contributed by atoms with Crippen LogP contribution >= 0.6 is 0 Å². The molecule has 1 aliphatic heterocycles. The highest BCUT2D eigenvalue weighted by Gasteiger charge is 2.34. The molecule has 4 rings (SSSR count). The van der Waals surface area contributed by atoms with E-state index in [2.05, 4.69) is 15.6 Å². The van der Waals surface area contributed by atoms with Gasteiger partial charge >= 0.3 is 18.0 Å². The molecule has 35 heavy (non-hydrogen) atoms. The molecule has 0 fully saturated rings. The molecule has 0 spiro atoms. The van der Waals surface area contributed by atoms with Gasteiger partial charge in [-0.1, -0.05) is 30.3 Å². The Morgan fingerprint density at radius 1 is 0.971 bits per heavy atom. The number of aromatic nitrogens is 1. The summed E-state index contributed by atoms with van der Waals surface area (Å²) in [6.45, 7) is 1.35. The SMILES string of the molecule is CCOC(=O)C1=C(COC(=O)c2cc(=O)[nH]c3ccccc23)NC(=O)NC1c1ccc(OC)cc1. The number of fused-ring (bicyclic) bond motifs is 1. The van der Waals surface area contributed by atoms with E-state index in [1.807, 2.05) is 0 Å². The molecule has 1 aromatic heterocycles. The van der Waals surface area contributed by atoms with Crippen molar-refractivity contribution in [2.45, 2.75) is 13.0 Å². The number of hydrogen-bond donors (Lipinski definition) is 3. The van der Waals surface area contributed by atoms with Crippen molar-refractivity contribution in [1.82, 2.24) is 15.6 Å². The molecule has 0 saturated carbocycles.